The van der Waals surface area contributed by atoms with Crippen LogP contribution in [0.1, 0.15) is 55.1 Å². The molecule has 2 aromatic rings. The Morgan fingerprint density at radius 1 is 1.38 bits per heavy atom. The van der Waals surface area contributed by atoms with Gasteiger partial charge < -0.3 is 4.52 Å². The second-order valence-electron chi connectivity index (χ2n) is 7.08. The molecular weight excluding hydrogens is 346 g/mol. The number of rotatable bonds is 4. The van der Waals surface area contributed by atoms with E-state index in [1.165, 1.54) is 11.3 Å². The smallest absolute Gasteiger partial charge is 0.252 e. The van der Waals surface area contributed by atoms with E-state index in [1.54, 1.807) is 10.4 Å². The lowest BCUT2D eigenvalue weighted by atomic mass is 9.99. The first-order chi connectivity index (χ1) is 11.4. The van der Waals surface area contributed by atoms with Crippen LogP contribution in [0.4, 0.5) is 0 Å². The van der Waals surface area contributed by atoms with Gasteiger partial charge in [0.05, 0.1) is 5.92 Å². The SMILES string of the molecule is Cc1ccc(S(=O)(=O)N2CCCC(c3nc(C4(C)CC4)no3)C2)s1. The molecule has 1 saturated carbocycles. The van der Waals surface area contributed by atoms with Crippen molar-refractivity contribution in [2.24, 2.45) is 0 Å². The number of piperidine rings is 1. The van der Waals surface area contributed by atoms with Crippen LogP contribution in [0, 0.1) is 6.92 Å². The predicted octanol–water partition coefficient (Wildman–Crippen LogP) is 3.06. The summed E-state index contributed by atoms with van der Waals surface area (Å²) in [5, 5.41) is 4.12. The van der Waals surface area contributed by atoms with Crippen molar-refractivity contribution in [2.45, 2.75) is 55.1 Å². The van der Waals surface area contributed by atoms with Crippen molar-refractivity contribution in [1.82, 2.24) is 14.4 Å². The van der Waals surface area contributed by atoms with Gasteiger partial charge in [-0.15, -0.1) is 11.3 Å². The van der Waals surface area contributed by atoms with Crippen molar-refractivity contribution in [1.29, 1.82) is 0 Å². The van der Waals surface area contributed by atoms with E-state index in [1.807, 2.05) is 13.0 Å². The van der Waals surface area contributed by atoms with Crippen LogP contribution in [0.3, 0.4) is 0 Å². The molecule has 0 bridgehead atoms. The van der Waals surface area contributed by atoms with Crippen LogP contribution < -0.4 is 0 Å². The number of aryl methyl sites for hydroxylation is 1. The molecule has 24 heavy (non-hydrogen) atoms. The lowest BCUT2D eigenvalue weighted by molar-refractivity contribution is 0.265. The molecule has 0 aromatic carbocycles. The number of hydrogen-bond acceptors (Lipinski definition) is 6. The quantitative estimate of drug-likeness (QED) is 0.830. The molecule has 1 aliphatic heterocycles. The largest absolute Gasteiger partial charge is 0.339 e. The van der Waals surface area contributed by atoms with Crippen LogP contribution in [0.5, 0.6) is 0 Å². The van der Waals surface area contributed by atoms with Crippen molar-refractivity contribution in [3.8, 4) is 0 Å². The van der Waals surface area contributed by atoms with Crippen LogP contribution >= 0.6 is 11.3 Å². The first-order valence-corrected chi connectivity index (χ1v) is 10.5. The molecule has 0 radical (unpaired) electrons. The van der Waals surface area contributed by atoms with Gasteiger partial charge in [0, 0.05) is 23.4 Å². The van der Waals surface area contributed by atoms with Gasteiger partial charge >= 0.3 is 0 Å². The van der Waals surface area contributed by atoms with E-state index >= 15 is 0 Å². The highest BCUT2D eigenvalue weighted by Gasteiger charge is 2.44. The van der Waals surface area contributed by atoms with Crippen molar-refractivity contribution >= 4 is 21.4 Å². The number of thiophene rings is 1. The summed E-state index contributed by atoms with van der Waals surface area (Å²) in [6.45, 7) is 5.02. The number of aromatic nitrogens is 2. The molecule has 130 valence electrons. The van der Waals surface area contributed by atoms with E-state index in [2.05, 4.69) is 17.1 Å². The van der Waals surface area contributed by atoms with Crippen LogP contribution in [-0.2, 0) is 15.4 Å². The number of hydrogen-bond donors (Lipinski definition) is 0. The van der Waals surface area contributed by atoms with E-state index in [-0.39, 0.29) is 11.3 Å². The summed E-state index contributed by atoms with van der Waals surface area (Å²) < 4.78 is 33.1. The number of sulfonamides is 1. The Labute approximate surface area is 145 Å². The van der Waals surface area contributed by atoms with Gasteiger partial charge in [-0.25, -0.2) is 8.42 Å². The Morgan fingerprint density at radius 2 is 2.17 bits per heavy atom. The Kier molecular flexibility index (Phi) is 3.81. The monoisotopic (exact) mass is 367 g/mol. The zero-order valence-corrected chi connectivity index (χ0v) is 15.5. The Balaban J connectivity index is 1.54. The Hall–Kier alpha value is -1.25. The maximum atomic E-state index is 12.8. The molecule has 1 atom stereocenters. The van der Waals surface area contributed by atoms with Crippen molar-refractivity contribution < 1.29 is 12.9 Å². The van der Waals surface area contributed by atoms with E-state index in [0.717, 1.165) is 36.4 Å². The molecule has 4 rings (SSSR count). The zero-order valence-electron chi connectivity index (χ0n) is 13.9. The highest BCUT2D eigenvalue weighted by molar-refractivity contribution is 7.91. The summed E-state index contributed by atoms with van der Waals surface area (Å²) in [6, 6.07) is 3.54. The van der Waals surface area contributed by atoms with Gasteiger partial charge in [0.25, 0.3) is 10.0 Å². The fourth-order valence-electron chi connectivity index (χ4n) is 3.10. The molecule has 6 nitrogen and oxygen atoms in total. The van der Waals surface area contributed by atoms with Gasteiger partial charge in [0.15, 0.2) is 5.82 Å². The van der Waals surface area contributed by atoms with E-state index in [0.29, 0.717) is 23.2 Å². The normalized spacial score (nSPS) is 24.2. The minimum Gasteiger partial charge on any atom is -0.339 e. The molecule has 0 N–H and O–H groups in total. The van der Waals surface area contributed by atoms with Crippen LogP contribution in [0.25, 0.3) is 0 Å². The minimum absolute atomic E-state index is 0.0156. The minimum atomic E-state index is -3.43. The molecule has 0 amide bonds. The number of nitrogens with zero attached hydrogens (tertiary/aromatic N) is 3. The van der Waals surface area contributed by atoms with Crippen LogP contribution in [0.2, 0.25) is 0 Å². The molecular formula is C16H21N3O3S2. The molecule has 2 fully saturated rings. The fourth-order valence-corrected chi connectivity index (χ4v) is 6.06. The average Bonchev–Trinajstić information content (AvgIpc) is 2.99. The fraction of sp³-hybridized carbons (Fsp3) is 0.625. The molecule has 1 aliphatic carbocycles. The maximum Gasteiger partial charge on any atom is 0.252 e. The Morgan fingerprint density at radius 3 is 2.83 bits per heavy atom. The van der Waals surface area contributed by atoms with E-state index in [4.69, 9.17) is 4.52 Å². The topological polar surface area (TPSA) is 76.3 Å². The summed E-state index contributed by atoms with van der Waals surface area (Å²) in [7, 11) is -3.43. The molecule has 0 spiro atoms. The third kappa shape index (κ3) is 2.80. The molecule has 2 aromatic heterocycles. The van der Waals surface area contributed by atoms with Gasteiger partial charge in [0.1, 0.15) is 4.21 Å². The van der Waals surface area contributed by atoms with Gasteiger partial charge in [-0.3, -0.25) is 0 Å². The predicted molar refractivity (Wildman–Crippen MR) is 90.7 cm³/mol. The highest BCUT2D eigenvalue weighted by Crippen LogP contribution is 2.46. The van der Waals surface area contributed by atoms with Crippen molar-refractivity contribution in [2.75, 3.05) is 13.1 Å². The lowest BCUT2D eigenvalue weighted by Gasteiger charge is -2.29. The van der Waals surface area contributed by atoms with Gasteiger partial charge in [-0.2, -0.15) is 9.29 Å². The highest BCUT2D eigenvalue weighted by atomic mass is 32.2. The maximum absolute atomic E-state index is 12.8. The molecule has 1 saturated heterocycles. The van der Waals surface area contributed by atoms with Crippen LogP contribution in [-0.4, -0.2) is 36.0 Å². The first-order valence-electron chi connectivity index (χ1n) is 8.29. The van der Waals surface area contributed by atoms with Crippen molar-refractivity contribution in [3.05, 3.63) is 28.7 Å². The molecule has 8 heteroatoms. The average molecular weight is 367 g/mol. The van der Waals surface area contributed by atoms with E-state index < -0.39 is 10.0 Å². The van der Waals surface area contributed by atoms with Crippen molar-refractivity contribution in [3.63, 3.8) is 0 Å². The summed E-state index contributed by atoms with van der Waals surface area (Å²) in [6.07, 6.45) is 3.88. The Bertz CT molecular complexity index is 852. The summed E-state index contributed by atoms with van der Waals surface area (Å²) in [5.74, 6) is 1.34. The first kappa shape index (κ1) is 16.2. The molecule has 3 heterocycles. The summed E-state index contributed by atoms with van der Waals surface area (Å²) >= 11 is 1.32. The molecule has 1 unspecified atom stereocenters. The second kappa shape index (κ2) is 5.64. The van der Waals surface area contributed by atoms with E-state index in [9.17, 15) is 8.42 Å². The van der Waals surface area contributed by atoms with Gasteiger partial charge in [-0.05, 0) is 44.7 Å². The summed E-state index contributed by atoms with van der Waals surface area (Å²) in [4.78, 5) is 5.57. The third-order valence-corrected chi connectivity index (χ3v) is 8.36. The van der Waals surface area contributed by atoms with Crippen LogP contribution in [0.15, 0.2) is 20.9 Å². The standard InChI is InChI=1S/C16H21N3O3S2/c1-11-5-6-13(23-11)24(20,21)19-9-3-4-12(10-19)14-17-15(18-22-14)16(2)7-8-16/h5-6,12H,3-4,7-10H2,1-2H3. The van der Waals surface area contributed by atoms with Gasteiger partial charge in [0.2, 0.25) is 5.89 Å². The third-order valence-electron chi connectivity index (χ3n) is 5.02. The van der Waals surface area contributed by atoms with Gasteiger partial charge in [-0.1, -0.05) is 12.1 Å². The summed E-state index contributed by atoms with van der Waals surface area (Å²) in [5.41, 5.74) is 0.0661. The molecule has 2 aliphatic rings. The second-order valence-corrected chi connectivity index (χ2v) is 10.5. The lowest BCUT2D eigenvalue weighted by Crippen LogP contribution is -2.38. The zero-order chi connectivity index (χ0) is 16.9.